The molecule has 1 amide bonds. The van der Waals surface area contributed by atoms with E-state index in [2.05, 4.69) is 10.3 Å². The van der Waals surface area contributed by atoms with Gasteiger partial charge in [0.2, 0.25) is 0 Å². The van der Waals surface area contributed by atoms with Gasteiger partial charge in [0.1, 0.15) is 11.1 Å². The van der Waals surface area contributed by atoms with Crippen LogP contribution in [0.5, 0.6) is 0 Å². The Hall–Kier alpha value is -1.33. The van der Waals surface area contributed by atoms with E-state index in [4.69, 9.17) is 27.9 Å². The van der Waals surface area contributed by atoms with Crippen LogP contribution >= 0.6 is 23.2 Å². The Morgan fingerprint density at radius 1 is 1.35 bits per heavy atom. The number of halogens is 2. The van der Waals surface area contributed by atoms with Crippen molar-refractivity contribution < 1.29 is 14.3 Å². The first-order valence-electron chi connectivity index (χ1n) is 5.86. The van der Waals surface area contributed by atoms with Crippen LogP contribution in [0.4, 0.5) is 4.79 Å². The highest BCUT2D eigenvalue weighted by atomic mass is 35.5. The largest absolute Gasteiger partial charge is 0.444 e. The second-order valence-corrected chi connectivity index (χ2v) is 6.27. The van der Waals surface area contributed by atoms with Crippen LogP contribution in [0.1, 0.15) is 33.4 Å². The summed E-state index contributed by atoms with van der Waals surface area (Å²) in [5.74, 6) is 0. The van der Waals surface area contributed by atoms with E-state index in [0.717, 1.165) is 0 Å². The normalized spacial score (nSPS) is 14.3. The molecule has 7 heteroatoms. The van der Waals surface area contributed by atoms with Crippen molar-refractivity contribution in [2.24, 2.45) is 0 Å². The highest BCUT2D eigenvalue weighted by molar-refractivity contribution is 6.35. The van der Waals surface area contributed by atoms with E-state index in [-0.39, 0.29) is 10.7 Å². The van der Waals surface area contributed by atoms with E-state index in [1.165, 1.54) is 19.2 Å². The van der Waals surface area contributed by atoms with E-state index in [0.29, 0.717) is 11.3 Å². The summed E-state index contributed by atoms with van der Waals surface area (Å²) in [4.78, 5) is 27.2. The fraction of sp³-hybridized carbons (Fsp3) is 0.462. The number of nitrogens with one attached hydrogen (secondary N) is 1. The molecular weight excluding hydrogens is 303 g/mol. The highest BCUT2D eigenvalue weighted by Crippen LogP contribution is 2.27. The summed E-state index contributed by atoms with van der Waals surface area (Å²) in [6.45, 7) is 6.64. The van der Waals surface area contributed by atoms with Gasteiger partial charge in [-0.05, 0) is 33.8 Å². The number of carbonyl (C=O) groups excluding carboxylic acids is 2. The van der Waals surface area contributed by atoms with E-state index in [1.807, 2.05) is 0 Å². The maximum atomic E-state index is 11.8. The summed E-state index contributed by atoms with van der Waals surface area (Å²) in [6.07, 6.45) is 1.15. The lowest BCUT2D eigenvalue weighted by atomic mass is 9.99. The average Bonchev–Trinajstić information content (AvgIpc) is 2.25. The second kappa shape index (κ2) is 5.97. The predicted octanol–water partition coefficient (Wildman–Crippen LogP) is 3.33. The number of hydrogen-bond acceptors (Lipinski definition) is 4. The Kier molecular flexibility index (Phi) is 5.00. The topological polar surface area (TPSA) is 68.3 Å². The first kappa shape index (κ1) is 16.7. The SMILES string of the molecule is CC(C)(C)OC(=O)NC(C)(C=O)c1ncc(Cl)cc1Cl. The predicted molar refractivity (Wildman–Crippen MR) is 77.0 cm³/mol. The maximum Gasteiger partial charge on any atom is 0.408 e. The van der Waals surface area contributed by atoms with Gasteiger partial charge >= 0.3 is 6.09 Å². The van der Waals surface area contributed by atoms with Gasteiger partial charge < -0.3 is 14.8 Å². The Morgan fingerprint density at radius 2 is 1.95 bits per heavy atom. The van der Waals surface area contributed by atoms with Gasteiger partial charge in [-0.15, -0.1) is 0 Å². The first-order valence-corrected chi connectivity index (χ1v) is 6.62. The van der Waals surface area contributed by atoms with Crippen molar-refractivity contribution in [3.8, 4) is 0 Å². The molecule has 0 fully saturated rings. The summed E-state index contributed by atoms with van der Waals surface area (Å²) < 4.78 is 5.11. The van der Waals surface area contributed by atoms with E-state index in [1.54, 1.807) is 20.8 Å². The van der Waals surface area contributed by atoms with Crippen LogP contribution in [-0.4, -0.2) is 23.0 Å². The molecule has 0 radical (unpaired) electrons. The molecule has 0 aliphatic carbocycles. The van der Waals surface area contributed by atoms with Crippen LogP contribution < -0.4 is 5.32 Å². The third-order valence-corrected chi connectivity index (χ3v) is 2.79. The molecule has 0 saturated carbocycles. The number of carbonyl (C=O) groups is 2. The van der Waals surface area contributed by atoms with Crippen molar-refractivity contribution in [1.29, 1.82) is 0 Å². The number of amides is 1. The summed E-state index contributed by atoms with van der Waals surface area (Å²) >= 11 is 11.8. The number of pyridine rings is 1. The van der Waals surface area contributed by atoms with Gasteiger partial charge in [0.05, 0.1) is 15.7 Å². The van der Waals surface area contributed by atoms with Crippen molar-refractivity contribution in [3.63, 3.8) is 0 Å². The molecule has 0 aliphatic rings. The fourth-order valence-corrected chi connectivity index (χ4v) is 2.03. The van der Waals surface area contributed by atoms with E-state index in [9.17, 15) is 9.59 Å². The summed E-state index contributed by atoms with van der Waals surface area (Å²) in [7, 11) is 0. The van der Waals surface area contributed by atoms with Gasteiger partial charge in [0.25, 0.3) is 0 Å². The third kappa shape index (κ3) is 4.35. The zero-order valence-electron chi connectivity index (χ0n) is 11.7. The summed E-state index contributed by atoms with van der Waals surface area (Å²) in [6, 6.07) is 1.45. The molecule has 1 rings (SSSR count). The number of ether oxygens (including phenoxy) is 1. The monoisotopic (exact) mass is 318 g/mol. The number of aromatic nitrogens is 1. The Labute approximate surface area is 127 Å². The van der Waals surface area contributed by atoms with E-state index < -0.39 is 17.2 Å². The molecule has 0 saturated heterocycles. The molecule has 5 nitrogen and oxygen atoms in total. The van der Waals surface area contributed by atoms with Crippen LogP contribution in [0.3, 0.4) is 0 Å². The van der Waals surface area contributed by atoms with Crippen molar-refractivity contribution in [2.75, 3.05) is 0 Å². The van der Waals surface area contributed by atoms with Crippen molar-refractivity contribution in [3.05, 3.63) is 28.0 Å². The molecule has 20 heavy (non-hydrogen) atoms. The lowest BCUT2D eigenvalue weighted by molar-refractivity contribution is -0.113. The van der Waals surface area contributed by atoms with Gasteiger partial charge in [-0.2, -0.15) is 0 Å². The zero-order valence-corrected chi connectivity index (χ0v) is 13.2. The molecule has 1 heterocycles. The molecule has 0 spiro atoms. The third-order valence-electron chi connectivity index (χ3n) is 2.30. The van der Waals surface area contributed by atoms with Crippen LogP contribution in [0, 0.1) is 0 Å². The zero-order chi connectivity index (χ0) is 15.6. The van der Waals surface area contributed by atoms with E-state index >= 15 is 0 Å². The van der Waals surface area contributed by atoms with Crippen LogP contribution in [0.15, 0.2) is 12.3 Å². The number of aldehydes is 1. The van der Waals surface area contributed by atoms with Gasteiger partial charge in [-0.1, -0.05) is 23.2 Å². The minimum atomic E-state index is -1.40. The first-order chi connectivity index (χ1) is 9.07. The number of nitrogens with zero attached hydrogens (tertiary/aromatic N) is 1. The molecule has 0 aromatic carbocycles. The van der Waals surface area contributed by atoms with Gasteiger partial charge in [0, 0.05) is 6.20 Å². The van der Waals surface area contributed by atoms with Gasteiger partial charge in [-0.25, -0.2) is 4.79 Å². The minimum Gasteiger partial charge on any atom is -0.444 e. The Balaban J connectivity index is 3.03. The molecule has 1 atom stereocenters. The Bertz CT molecular complexity index is 529. The van der Waals surface area contributed by atoms with Crippen LogP contribution in [-0.2, 0) is 15.1 Å². The van der Waals surface area contributed by atoms with Crippen LogP contribution in [0.25, 0.3) is 0 Å². The van der Waals surface area contributed by atoms with Crippen molar-refractivity contribution in [2.45, 2.75) is 38.8 Å². The number of alkyl carbamates (subject to hydrolysis) is 1. The molecular formula is C13H16Cl2N2O3. The molecule has 1 aromatic rings. The summed E-state index contributed by atoms with van der Waals surface area (Å²) in [5, 5.41) is 2.98. The lowest BCUT2D eigenvalue weighted by Gasteiger charge is -2.27. The fourth-order valence-electron chi connectivity index (χ4n) is 1.46. The minimum absolute atomic E-state index is 0.183. The van der Waals surface area contributed by atoms with Crippen molar-refractivity contribution >= 4 is 35.6 Å². The molecule has 110 valence electrons. The van der Waals surface area contributed by atoms with Gasteiger partial charge in [-0.3, -0.25) is 4.98 Å². The smallest absolute Gasteiger partial charge is 0.408 e. The lowest BCUT2D eigenvalue weighted by Crippen LogP contribution is -2.47. The van der Waals surface area contributed by atoms with Gasteiger partial charge in [0.15, 0.2) is 6.29 Å². The number of hydrogen-bond donors (Lipinski definition) is 1. The maximum absolute atomic E-state index is 11.8. The second-order valence-electron chi connectivity index (χ2n) is 5.43. The molecule has 1 aromatic heterocycles. The van der Waals surface area contributed by atoms with Crippen LogP contribution in [0.2, 0.25) is 10.0 Å². The molecule has 0 aliphatic heterocycles. The quantitative estimate of drug-likeness (QED) is 0.868. The highest BCUT2D eigenvalue weighted by Gasteiger charge is 2.33. The average molecular weight is 319 g/mol. The molecule has 1 N–H and O–H groups in total. The Morgan fingerprint density at radius 3 is 2.40 bits per heavy atom. The summed E-state index contributed by atoms with van der Waals surface area (Å²) in [5.41, 5.74) is -1.88. The molecule has 0 bridgehead atoms. The standard InChI is InChI=1S/C13H16Cl2N2O3/c1-12(2,3)20-11(19)17-13(4,7-18)10-9(15)5-8(14)6-16-10/h5-7H,1-4H3,(H,17,19). The van der Waals surface area contributed by atoms with Crippen molar-refractivity contribution in [1.82, 2.24) is 10.3 Å². The molecule has 1 unspecified atom stereocenters. The number of rotatable bonds is 3.